The molecular formula is C14H16FN3. The van der Waals surface area contributed by atoms with Crippen LogP contribution in [0, 0.1) is 19.7 Å². The number of hydrogen-bond donors (Lipinski definition) is 0. The summed E-state index contributed by atoms with van der Waals surface area (Å²) in [5, 5.41) is 0. The van der Waals surface area contributed by atoms with Crippen LogP contribution in [0.15, 0.2) is 30.3 Å². The van der Waals surface area contributed by atoms with Gasteiger partial charge in [0, 0.05) is 25.0 Å². The molecule has 0 radical (unpaired) electrons. The molecule has 0 aliphatic carbocycles. The highest BCUT2D eigenvalue weighted by molar-refractivity contribution is 5.33. The molecule has 0 amide bonds. The van der Waals surface area contributed by atoms with E-state index < -0.39 is 0 Å². The highest BCUT2D eigenvalue weighted by Crippen LogP contribution is 2.12. The van der Waals surface area contributed by atoms with E-state index in [4.69, 9.17) is 0 Å². The number of halogens is 1. The predicted molar refractivity (Wildman–Crippen MR) is 70.0 cm³/mol. The lowest BCUT2D eigenvalue weighted by molar-refractivity contribution is 0.625. The number of hydrogen-bond acceptors (Lipinski definition) is 3. The van der Waals surface area contributed by atoms with Gasteiger partial charge in [-0.05, 0) is 37.6 Å². The van der Waals surface area contributed by atoms with E-state index in [2.05, 4.69) is 9.97 Å². The minimum Gasteiger partial charge on any atom is -0.340 e. The van der Waals surface area contributed by atoms with Crippen molar-refractivity contribution < 1.29 is 4.39 Å². The number of benzene rings is 1. The molecule has 0 N–H and O–H groups in total. The quantitative estimate of drug-likeness (QED) is 0.832. The van der Waals surface area contributed by atoms with E-state index in [0.29, 0.717) is 12.5 Å². The largest absolute Gasteiger partial charge is 0.340 e. The van der Waals surface area contributed by atoms with Crippen molar-refractivity contribution in [2.75, 3.05) is 11.9 Å². The van der Waals surface area contributed by atoms with Crippen molar-refractivity contribution in [1.82, 2.24) is 9.97 Å². The van der Waals surface area contributed by atoms with Crippen LogP contribution in [0.4, 0.5) is 10.3 Å². The monoisotopic (exact) mass is 245 g/mol. The Morgan fingerprint density at radius 2 is 1.78 bits per heavy atom. The van der Waals surface area contributed by atoms with E-state index in [1.54, 1.807) is 6.07 Å². The highest BCUT2D eigenvalue weighted by Gasteiger charge is 2.07. The van der Waals surface area contributed by atoms with Crippen molar-refractivity contribution in [3.8, 4) is 0 Å². The summed E-state index contributed by atoms with van der Waals surface area (Å²) in [6, 6.07) is 8.50. The molecule has 2 rings (SSSR count). The molecule has 2 aromatic rings. The van der Waals surface area contributed by atoms with Gasteiger partial charge in [0.25, 0.3) is 0 Å². The Bertz CT molecular complexity index is 534. The van der Waals surface area contributed by atoms with Gasteiger partial charge >= 0.3 is 0 Å². The van der Waals surface area contributed by atoms with E-state index in [1.165, 1.54) is 12.1 Å². The molecule has 0 unspecified atom stereocenters. The highest BCUT2D eigenvalue weighted by atomic mass is 19.1. The standard InChI is InChI=1S/C14H16FN3/c1-10-7-11(2)17-14(16-10)18(3)9-12-5-4-6-13(15)8-12/h4-8H,9H2,1-3H3. The third-order valence-electron chi connectivity index (χ3n) is 2.62. The molecule has 0 saturated carbocycles. The van der Waals surface area contributed by atoms with Gasteiger partial charge in [0.15, 0.2) is 0 Å². The Morgan fingerprint density at radius 1 is 1.11 bits per heavy atom. The van der Waals surface area contributed by atoms with Crippen molar-refractivity contribution in [3.05, 3.63) is 53.1 Å². The van der Waals surface area contributed by atoms with Crippen molar-refractivity contribution >= 4 is 5.95 Å². The summed E-state index contributed by atoms with van der Waals surface area (Å²) in [7, 11) is 1.90. The molecule has 0 aliphatic heterocycles. The lowest BCUT2D eigenvalue weighted by Gasteiger charge is -2.17. The maximum absolute atomic E-state index is 13.1. The summed E-state index contributed by atoms with van der Waals surface area (Å²) in [5.74, 6) is 0.444. The fraction of sp³-hybridized carbons (Fsp3) is 0.286. The van der Waals surface area contributed by atoms with Gasteiger partial charge in [-0.25, -0.2) is 14.4 Å². The summed E-state index contributed by atoms with van der Waals surface area (Å²) in [6.45, 7) is 4.46. The van der Waals surface area contributed by atoms with Gasteiger partial charge < -0.3 is 4.90 Å². The van der Waals surface area contributed by atoms with E-state index in [1.807, 2.05) is 37.9 Å². The first-order valence-electron chi connectivity index (χ1n) is 5.82. The normalized spacial score (nSPS) is 10.4. The Hall–Kier alpha value is -1.97. The van der Waals surface area contributed by atoms with Crippen LogP contribution in [-0.2, 0) is 6.54 Å². The molecule has 1 heterocycles. The summed E-state index contributed by atoms with van der Waals surface area (Å²) < 4.78 is 13.1. The molecule has 3 nitrogen and oxygen atoms in total. The second kappa shape index (κ2) is 5.12. The van der Waals surface area contributed by atoms with Gasteiger partial charge in [-0.2, -0.15) is 0 Å². The molecule has 18 heavy (non-hydrogen) atoms. The first-order chi connectivity index (χ1) is 8.54. The van der Waals surface area contributed by atoms with Gasteiger partial charge in [0.1, 0.15) is 5.82 Å². The second-order valence-electron chi connectivity index (χ2n) is 4.44. The predicted octanol–water partition coefficient (Wildman–Crippen LogP) is 2.87. The van der Waals surface area contributed by atoms with E-state index in [9.17, 15) is 4.39 Å². The zero-order valence-electron chi connectivity index (χ0n) is 10.8. The van der Waals surface area contributed by atoms with Crippen LogP contribution in [0.5, 0.6) is 0 Å². The summed E-state index contributed by atoms with van der Waals surface area (Å²) >= 11 is 0. The molecule has 4 heteroatoms. The summed E-state index contributed by atoms with van der Waals surface area (Å²) in [6.07, 6.45) is 0. The number of anilines is 1. The topological polar surface area (TPSA) is 29.0 Å². The van der Waals surface area contributed by atoms with E-state index in [0.717, 1.165) is 17.0 Å². The van der Waals surface area contributed by atoms with Gasteiger partial charge in [0.2, 0.25) is 5.95 Å². The van der Waals surface area contributed by atoms with Crippen molar-refractivity contribution in [3.63, 3.8) is 0 Å². The van der Waals surface area contributed by atoms with Crippen molar-refractivity contribution in [1.29, 1.82) is 0 Å². The Labute approximate surface area is 106 Å². The van der Waals surface area contributed by atoms with Gasteiger partial charge in [0.05, 0.1) is 0 Å². The average molecular weight is 245 g/mol. The molecule has 0 fully saturated rings. The summed E-state index contributed by atoms with van der Waals surface area (Å²) in [5.41, 5.74) is 2.77. The Kier molecular flexibility index (Phi) is 3.55. The number of aryl methyl sites for hydroxylation is 2. The Balaban J connectivity index is 2.19. The lowest BCUT2D eigenvalue weighted by Crippen LogP contribution is -2.19. The Morgan fingerprint density at radius 3 is 2.39 bits per heavy atom. The first kappa shape index (κ1) is 12.5. The molecule has 0 spiro atoms. The van der Waals surface area contributed by atoms with Crippen LogP contribution in [0.1, 0.15) is 17.0 Å². The fourth-order valence-corrected chi connectivity index (χ4v) is 1.86. The van der Waals surface area contributed by atoms with Crippen molar-refractivity contribution in [2.45, 2.75) is 20.4 Å². The zero-order chi connectivity index (χ0) is 13.1. The van der Waals surface area contributed by atoms with Crippen LogP contribution < -0.4 is 4.90 Å². The third kappa shape index (κ3) is 3.03. The summed E-state index contributed by atoms with van der Waals surface area (Å²) in [4.78, 5) is 10.7. The van der Waals surface area contributed by atoms with Gasteiger partial charge in [-0.3, -0.25) is 0 Å². The van der Waals surface area contributed by atoms with Crippen LogP contribution in [0.3, 0.4) is 0 Å². The lowest BCUT2D eigenvalue weighted by atomic mass is 10.2. The van der Waals surface area contributed by atoms with Crippen LogP contribution in [0.25, 0.3) is 0 Å². The van der Waals surface area contributed by atoms with Crippen LogP contribution >= 0.6 is 0 Å². The van der Waals surface area contributed by atoms with Crippen LogP contribution in [0.2, 0.25) is 0 Å². The molecule has 1 aromatic heterocycles. The van der Waals surface area contributed by atoms with Crippen molar-refractivity contribution in [2.24, 2.45) is 0 Å². The molecule has 94 valence electrons. The molecule has 0 atom stereocenters. The molecule has 0 saturated heterocycles. The third-order valence-corrected chi connectivity index (χ3v) is 2.62. The van der Waals surface area contributed by atoms with E-state index in [-0.39, 0.29) is 5.82 Å². The number of aromatic nitrogens is 2. The number of rotatable bonds is 3. The minimum atomic E-state index is -0.220. The minimum absolute atomic E-state index is 0.220. The average Bonchev–Trinajstić information content (AvgIpc) is 2.27. The smallest absolute Gasteiger partial charge is 0.225 e. The first-order valence-corrected chi connectivity index (χ1v) is 5.82. The number of nitrogens with zero attached hydrogens (tertiary/aromatic N) is 3. The zero-order valence-corrected chi connectivity index (χ0v) is 10.8. The second-order valence-corrected chi connectivity index (χ2v) is 4.44. The fourth-order valence-electron chi connectivity index (χ4n) is 1.86. The van der Waals surface area contributed by atoms with E-state index >= 15 is 0 Å². The van der Waals surface area contributed by atoms with Gasteiger partial charge in [-0.1, -0.05) is 12.1 Å². The maximum atomic E-state index is 13.1. The molecular weight excluding hydrogens is 229 g/mol. The van der Waals surface area contributed by atoms with Crippen LogP contribution in [-0.4, -0.2) is 17.0 Å². The molecule has 0 aliphatic rings. The molecule has 0 bridgehead atoms. The maximum Gasteiger partial charge on any atom is 0.225 e. The SMILES string of the molecule is Cc1cc(C)nc(N(C)Cc2cccc(F)c2)n1. The molecule has 1 aromatic carbocycles. The van der Waals surface area contributed by atoms with Gasteiger partial charge in [-0.15, -0.1) is 0 Å².